The zero-order valence-electron chi connectivity index (χ0n) is 14.4. The molecule has 0 aliphatic heterocycles. The van der Waals surface area contributed by atoms with Crippen molar-refractivity contribution in [2.24, 2.45) is 0 Å². The van der Waals surface area contributed by atoms with Crippen LogP contribution in [0.5, 0.6) is 0 Å². The highest BCUT2D eigenvalue weighted by Gasteiger charge is 2.26. The van der Waals surface area contributed by atoms with E-state index < -0.39 is 43.3 Å². The average molecular weight is 392 g/mol. The predicted octanol–water partition coefficient (Wildman–Crippen LogP) is 2.18. The van der Waals surface area contributed by atoms with Crippen molar-refractivity contribution in [2.45, 2.75) is 17.9 Å². The molecule has 1 N–H and O–H groups in total. The van der Waals surface area contributed by atoms with Gasteiger partial charge in [0.05, 0.1) is 10.5 Å². The number of nitro groups is 1. The van der Waals surface area contributed by atoms with Crippen LogP contribution in [0, 0.1) is 10.1 Å². The average Bonchev–Trinajstić information content (AvgIpc) is 2.61. The molecule has 0 saturated carbocycles. The van der Waals surface area contributed by atoms with Gasteiger partial charge in [-0.05, 0) is 31.2 Å². The molecule has 1 amide bonds. The SMILES string of the molecule is CC(OC(=O)c1ccc(S(C)(=O)=O)c([N+](=O)[O-])c1)C(=O)Nc1ccccc1. The number of rotatable bonds is 6. The van der Waals surface area contributed by atoms with Crippen molar-refractivity contribution in [3.63, 3.8) is 0 Å². The first-order chi connectivity index (χ1) is 12.6. The van der Waals surface area contributed by atoms with Gasteiger partial charge in [-0.15, -0.1) is 0 Å². The maximum Gasteiger partial charge on any atom is 0.339 e. The summed E-state index contributed by atoms with van der Waals surface area (Å²) in [5, 5.41) is 13.7. The molecule has 0 aromatic heterocycles. The van der Waals surface area contributed by atoms with Crippen molar-refractivity contribution >= 4 is 33.1 Å². The molecule has 0 bridgehead atoms. The van der Waals surface area contributed by atoms with Crippen molar-refractivity contribution in [1.82, 2.24) is 0 Å². The summed E-state index contributed by atoms with van der Waals surface area (Å²) in [6.45, 7) is 1.34. The molecule has 9 nitrogen and oxygen atoms in total. The highest BCUT2D eigenvalue weighted by atomic mass is 32.2. The van der Waals surface area contributed by atoms with E-state index in [1.54, 1.807) is 30.3 Å². The number of hydrogen-bond donors (Lipinski definition) is 1. The normalized spacial score (nSPS) is 12.1. The van der Waals surface area contributed by atoms with Crippen LogP contribution in [0.15, 0.2) is 53.4 Å². The fourth-order valence-corrected chi connectivity index (χ4v) is 2.98. The molecule has 2 rings (SSSR count). The number of esters is 1. The summed E-state index contributed by atoms with van der Waals surface area (Å²) in [5.74, 6) is -1.58. The molecular weight excluding hydrogens is 376 g/mol. The third-order valence-electron chi connectivity index (χ3n) is 3.49. The van der Waals surface area contributed by atoms with E-state index in [0.29, 0.717) is 5.69 Å². The molecule has 2 aromatic carbocycles. The number of sulfone groups is 1. The number of ether oxygens (including phenoxy) is 1. The molecule has 2 aromatic rings. The summed E-state index contributed by atoms with van der Waals surface area (Å²) < 4.78 is 28.2. The molecule has 0 saturated heterocycles. The first-order valence-corrected chi connectivity index (χ1v) is 9.54. The van der Waals surface area contributed by atoms with Crippen LogP contribution >= 0.6 is 0 Å². The van der Waals surface area contributed by atoms with E-state index in [1.165, 1.54) is 6.92 Å². The number of anilines is 1. The molecule has 0 fully saturated rings. The molecule has 0 radical (unpaired) electrons. The molecule has 0 heterocycles. The lowest BCUT2D eigenvalue weighted by Crippen LogP contribution is -2.30. The minimum atomic E-state index is -3.85. The van der Waals surface area contributed by atoms with Gasteiger partial charge in [-0.25, -0.2) is 13.2 Å². The topological polar surface area (TPSA) is 133 Å². The first-order valence-electron chi connectivity index (χ1n) is 7.65. The van der Waals surface area contributed by atoms with Crippen molar-refractivity contribution in [3.05, 3.63) is 64.2 Å². The minimum absolute atomic E-state index is 0.242. The smallest absolute Gasteiger partial charge is 0.339 e. The summed E-state index contributed by atoms with van der Waals surface area (Å²) >= 11 is 0. The van der Waals surface area contributed by atoms with Crippen LogP contribution in [0.25, 0.3) is 0 Å². The molecule has 27 heavy (non-hydrogen) atoms. The number of nitrogens with one attached hydrogen (secondary N) is 1. The van der Waals surface area contributed by atoms with Gasteiger partial charge < -0.3 is 10.1 Å². The van der Waals surface area contributed by atoms with Crippen molar-refractivity contribution in [3.8, 4) is 0 Å². The second kappa shape index (κ2) is 7.96. The fraction of sp³-hybridized carbons (Fsp3) is 0.176. The Hall–Kier alpha value is -3.27. The third kappa shape index (κ3) is 5.11. The van der Waals surface area contributed by atoms with E-state index in [2.05, 4.69) is 5.32 Å². The Labute approximate surface area is 155 Å². The second-order valence-electron chi connectivity index (χ2n) is 5.61. The number of amides is 1. The van der Waals surface area contributed by atoms with E-state index in [-0.39, 0.29) is 5.56 Å². The summed E-state index contributed by atoms with van der Waals surface area (Å²) in [5.41, 5.74) is -0.472. The van der Waals surface area contributed by atoms with Crippen LogP contribution in [-0.2, 0) is 19.4 Å². The maximum atomic E-state index is 12.2. The van der Waals surface area contributed by atoms with Crippen molar-refractivity contribution in [1.29, 1.82) is 0 Å². The molecular formula is C17H16N2O7S. The number of hydrogen-bond acceptors (Lipinski definition) is 7. The minimum Gasteiger partial charge on any atom is -0.449 e. The van der Waals surface area contributed by atoms with E-state index in [9.17, 15) is 28.1 Å². The summed E-state index contributed by atoms with van der Waals surface area (Å²) in [6.07, 6.45) is -0.352. The van der Waals surface area contributed by atoms with Crippen LogP contribution in [-0.4, -0.2) is 37.6 Å². The quantitative estimate of drug-likeness (QED) is 0.452. The Bertz CT molecular complexity index is 988. The summed E-state index contributed by atoms with van der Waals surface area (Å²) in [4.78, 5) is 33.9. The third-order valence-corrected chi connectivity index (χ3v) is 4.63. The van der Waals surface area contributed by atoms with E-state index in [4.69, 9.17) is 4.74 Å². The Morgan fingerprint density at radius 1 is 1.15 bits per heavy atom. The van der Waals surface area contributed by atoms with Gasteiger partial charge in [0.2, 0.25) is 0 Å². The monoisotopic (exact) mass is 392 g/mol. The van der Waals surface area contributed by atoms with Crippen LogP contribution in [0.3, 0.4) is 0 Å². The lowest BCUT2D eigenvalue weighted by atomic mass is 10.2. The van der Waals surface area contributed by atoms with Crippen LogP contribution in [0.2, 0.25) is 0 Å². The van der Waals surface area contributed by atoms with E-state index in [1.807, 2.05) is 0 Å². The predicted molar refractivity (Wildman–Crippen MR) is 96.2 cm³/mol. The second-order valence-corrected chi connectivity index (χ2v) is 7.60. The van der Waals surface area contributed by atoms with Crippen molar-refractivity contribution in [2.75, 3.05) is 11.6 Å². The van der Waals surface area contributed by atoms with Gasteiger partial charge in [-0.1, -0.05) is 18.2 Å². The largest absolute Gasteiger partial charge is 0.449 e. The maximum absolute atomic E-state index is 12.2. The van der Waals surface area contributed by atoms with Gasteiger partial charge in [0.15, 0.2) is 15.9 Å². The standard InChI is InChI=1S/C17H16N2O7S/c1-11(16(20)18-13-6-4-3-5-7-13)26-17(21)12-8-9-15(27(2,24)25)14(10-12)19(22)23/h3-11H,1-2H3,(H,18,20). The summed E-state index contributed by atoms with van der Waals surface area (Å²) in [7, 11) is -3.85. The number of para-hydroxylation sites is 1. The molecule has 0 spiro atoms. The first kappa shape index (κ1) is 20.0. The van der Waals surface area contributed by atoms with E-state index in [0.717, 1.165) is 24.5 Å². The van der Waals surface area contributed by atoms with Crippen LogP contribution in [0.4, 0.5) is 11.4 Å². The Kier molecular flexibility index (Phi) is 5.91. The molecule has 1 atom stereocenters. The lowest BCUT2D eigenvalue weighted by Gasteiger charge is -2.13. The number of nitro benzene ring substituents is 1. The lowest BCUT2D eigenvalue weighted by molar-refractivity contribution is -0.387. The number of carbonyl (C=O) groups excluding carboxylic acids is 2. The highest BCUT2D eigenvalue weighted by molar-refractivity contribution is 7.90. The molecule has 0 aliphatic carbocycles. The van der Waals surface area contributed by atoms with Gasteiger partial charge in [-0.3, -0.25) is 14.9 Å². The van der Waals surface area contributed by atoms with Gasteiger partial charge in [0.1, 0.15) is 4.90 Å². The summed E-state index contributed by atoms with van der Waals surface area (Å²) in [6, 6.07) is 11.4. The van der Waals surface area contributed by atoms with Gasteiger partial charge in [0.25, 0.3) is 11.6 Å². The number of nitrogens with zero attached hydrogens (tertiary/aromatic N) is 1. The molecule has 0 aliphatic rings. The fourth-order valence-electron chi connectivity index (χ4n) is 2.15. The number of benzene rings is 2. The molecule has 1 unspecified atom stereocenters. The number of carbonyl (C=O) groups is 2. The Balaban J connectivity index is 2.16. The molecule has 10 heteroatoms. The highest BCUT2D eigenvalue weighted by Crippen LogP contribution is 2.25. The van der Waals surface area contributed by atoms with Gasteiger partial charge in [-0.2, -0.15) is 0 Å². The van der Waals surface area contributed by atoms with Gasteiger partial charge >= 0.3 is 5.97 Å². The van der Waals surface area contributed by atoms with Crippen molar-refractivity contribution < 1.29 is 27.7 Å². The molecule has 142 valence electrons. The zero-order chi connectivity index (χ0) is 20.2. The van der Waals surface area contributed by atoms with E-state index >= 15 is 0 Å². The Morgan fingerprint density at radius 2 is 1.78 bits per heavy atom. The van der Waals surface area contributed by atoms with Crippen LogP contribution in [0.1, 0.15) is 17.3 Å². The zero-order valence-corrected chi connectivity index (χ0v) is 15.2. The van der Waals surface area contributed by atoms with Crippen LogP contribution < -0.4 is 5.32 Å². The Morgan fingerprint density at radius 3 is 2.33 bits per heavy atom. The van der Waals surface area contributed by atoms with Gasteiger partial charge in [0, 0.05) is 18.0 Å².